The van der Waals surface area contributed by atoms with E-state index in [0.29, 0.717) is 12.4 Å². The highest BCUT2D eigenvalue weighted by atomic mass is 16.5. The van der Waals surface area contributed by atoms with Gasteiger partial charge in [0.25, 0.3) is 0 Å². The number of ether oxygens (including phenoxy) is 1. The van der Waals surface area contributed by atoms with Crippen LogP contribution in [0.5, 0.6) is 5.75 Å². The van der Waals surface area contributed by atoms with Crippen LogP contribution >= 0.6 is 0 Å². The summed E-state index contributed by atoms with van der Waals surface area (Å²) < 4.78 is 5.89. The molecule has 0 aliphatic carbocycles. The first-order chi connectivity index (χ1) is 11.6. The number of carboxylic acid groups (broad SMARTS) is 1. The number of ketones is 1. The highest BCUT2D eigenvalue weighted by Gasteiger charge is 2.17. The molecule has 0 radical (unpaired) electrons. The lowest BCUT2D eigenvalue weighted by Gasteiger charge is -2.16. The number of unbranched alkanes of at least 4 members (excludes halogenated alkanes) is 1. The van der Waals surface area contributed by atoms with Gasteiger partial charge in [-0.05, 0) is 42.1 Å². The topological polar surface area (TPSA) is 63.6 Å². The molecular weight excluding hydrogens is 304 g/mol. The van der Waals surface area contributed by atoms with Crippen LogP contribution in [0.1, 0.15) is 36.5 Å². The van der Waals surface area contributed by atoms with E-state index in [1.165, 1.54) is 6.08 Å². The predicted molar refractivity (Wildman–Crippen MR) is 94.6 cm³/mol. The number of benzene rings is 2. The fraction of sp³-hybridized carbons (Fsp3) is 0.300. The van der Waals surface area contributed by atoms with Gasteiger partial charge in [0.1, 0.15) is 5.75 Å². The van der Waals surface area contributed by atoms with Crippen LogP contribution in [0, 0.1) is 5.92 Å². The van der Waals surface area contributed by atoms with Gasteiger partial charge < -0.3 is 9.84 Å². The van der Waals surface area contributed by atoms with Crippen LogP contribution in [0.15, 0.2) is 49.1 Å². The van der Waals surface area contributed by atoms with Crippen molar-refractivity contribution in [3.05, 3.63) is 54.6 Å². The first kappa shape index (κ1) is 17.7. The Kier molecular flexibility index (Phi) is 6.13. The van der Waals surface area contributed by atoms with Gasteiger partial charge in [0.2, 0.25) is 0 Å². The monoisotopic (exact) mass is 326 g/mol. The zero-order valence-corrected chi connectivity index (χ0v) is 13.8. The molecule has 0 fully saturated rings. The van der Waals surface area contributed by atoms with Crippen LogP contribution in [0.25, 0.3) is 10.8 Å². The van der Waals surface area contributed by atoms with E-state index >= 15 is 0 Å². The van der Waals surface area contributed by atoms with Crippen LogP contribution in [-0.2, 0) is 4.79 Å². The van der Waals surface area contributed by atoms with E-state index in [0.717, 1.165) is 30.0 Å². The smallest absolute Gasteiger partial charge is 0.335 e. The lowest BCUT2D eigenvalue weighted by Crippen LogP contribution is -2.20. The summed E-state index contributed by atoms with van der Waals surface area (Å²) in [5.74, 6) is -0.505. The Labute approximate surface area is 141 Å². The van der Waals surface area contributed by atoms with Crippen molar-refractivity contribution < 1.29 is 19.4 Å². The van der Waals surface area contributed by atoms with Gasteiger partial charge in [-0.15, -0.1) is 0 Å². The van der Waals surface area contributed by atoms with Gasteiger partial charge in [0.15, 0.2) is 5.78 Å². The molecule has 0 aliphatic heterocycles. The van der Waals surface area contributed by atoms with Gasteiger partial charge in [-0.3, -0.25) is 4.79 Å². The normalized spacial score (nSPS) is 11.9. The minimum atomic E-state index is -0.959. The molecule has 0 saturated heterocycles. The van der Waals surface area contributed by atoms with Gasteiger partial charge in [-0.25, -0.2) is 4.79 Å². The van der Waals surface area contributed by atoms with Gasteiger partial charge in [-0.2, -0.15) is 0 Å². The lowest BCUT2D eigenvalue weighted by molar-refractivity contribution is -0.119. The van der Waals surface area contributed by atoms with Crippen LogP contribution in [0.2, 0.25) is 0 Å². The Morgan fingerprint density at radius 3 is 2.75 bits per heavy atom. The number of hydrogen-bond acceptors (Lipinski definition) is 3. The minimum Gasteiger partial charge on any atom is -0.492 e. The third kappa shape index (κ3) is 4.22. The Balaban J connectivity index is 2.20. The van der Waals surface area contributed by atoms with Crippen molar-refractivity contribution in [2.24, 2.45) is 5.92 Å². The van der Waals surface area contributed by atoms with E-state index in [2.05, 4.69) is 13.5 Å². The van der Waals surface area contributed by atoms with E-state index in [4.69, 9.17) is 9.84 Å². The summed E-state index contributed by atoms with van der Waals surface area (Å²) in [6.07, 6.45) is 4.11. The van der Waals surface area contributed by atoms with Crippen LogP contribution < -0.4 is 4.74 Å². The molecule has 1 atom stereocenters. The van der Waals surface area contributed by atoms with Crippen molar-refractivity contribution in [3.8, 4) is 5.75 Å². The summed E-state index contributed by atoms with van der Waals surface area (Å²) in [6.45, 7) is 5.94. The van der Waals surface area contributed by atoms with Crippen molar-refractivity contribution in [2.75, 3.05) is 6.61 Å². The molecule has 4 nitrogen and oxygen atoms in total. The fourth-order valence-electron chi connectivity index (χ4n) is 2.63. The zero-order chi connectivity index (χ0) is 17.5. The van der Waals surface area contributed by atoms with E-state index in [1.807, 2.05) is 18.2 Å². The molecule has 1 N–H and O–H groups in total. The highest BCUT2D eigenvalue weighted by molar-refractivity contribution is 5.96. The van der Waals surface area contributed by atoms with Crippen LogP contribution in [-0.4, -0.2) is 23.5 Å². The molecular formula is C20H22O4. The predicted octanol–water partition coefficient (Wildman–Crippen LogP) is 4.48. The number of carbonyl (C=O) groups excluding carboxylic acids is 1. The first-order valence-corrected chi connectivity index (χ1v) is 8.12. The maximum atomic E-state index is 12.0. The second-order valence-corrected chi connectivity index (χ2v) is 5.75. The van der Waals surface area contributed by atoms with E-state index in [1.54, 1.807) is 18.2 Å². The molecule has 0 spiro atoms. The van der Waals surface area contributed by atoms with Crippen molar-refractivity contribution >= 4 is 22.5 Å². The SMILES string of the molecule is C=CC(=O)C(CCCC)COc1cccc2cc(C(=O)O)ccc12. The third-order valence-corrected chi connectivity index (χ3v) is 4.04. The van der Waals surface area contributed by atoms with E-state index < -0.39 is 5.97 Å². The summed E-state index contributed by atoms with van der Waals surface area (Å²) in [6, 6.07) is 10.4. The molecule has 0 bridgehead atoms. The Morgan fingerprint density at radius 2 is 2.08 bits per heavy atom. The number of carbonyl (C=O) groups is 2. The molecule has 2 rings (SSSR count). The van der Waals surface area contributed by atoms with Gasteiger partial charge in [-0.1, -0.05) is 38.5 Å². The minimum absolute atomic E-state index is 0.00292. The van der Waals surface area contributed by atoms with Crippen molar-refractivity contribution in [3.63, 3.8) is 0 Å². The molecule has 126 valence electrons. The van der Waals surface area contributed by atoms with Crippen molar-refractivity contribution in [1.29, 1.82) is 0 Å². The number of aromatic carboxylic acids is 1. The van der Waals surface area contributed by atoms with E-state index in [-0.39, 0.29) is 17.3 Å². The maximum Gasteiger partial charge on any atom is 0.335 e. The Hall–Kier alpha value is -2.62. The lowest BCUT2D eigenvalue weighted by atomic mass is 9.98. The molecule has 2 aromatic rings. The zero-order valence-electron chi connectivity index (χ0n) is 13.8. The van der Waals surface area contributed by atoms with E-state index in [9.17, 15) is 9.59 Å². The van der Waals surface area contributed by atoms with Crippen molar-refractivity contribution in [1.82, 2.24) is 0 Å². The average Bonchev–Trinajstić information content (AvgIpc) is 2.60. The van der Waals surface area contributed by atoms with Gasteiger partial charge >= 0.3 is 5.97 Å². The number of allylic oxidation sites excluding steroid dienone is 1. The summed E-state index contributed by atoms with van der Waals surface area (Å²) in [5.41, 5.74) is 0.238. The third-order valence-electron chi connectivity index (χ3n) is 4.04. The average molecular weight is 326 g/mol. The molecule has 0 aliphatic rings. The quantitative estimate of drug-likeness (QED) is 0.690. The Bertz CT molecular complexity index is 748. The van der Waals surface area contributed by atoms with Crippen LogP contribution in [0.4, 0.5) is 0 Å². The van der Waals surface area contributed by atoms with Crippen LogP contribution in [0.3, 0.4) is 0 Å². The van der Waals surface area contributed by atoms with Gasteiger partial charge in [0.05, 0.1) is 18.1 Å². The molecule has 0 saturated carbocycles. The summed E-state index contributed by atoms with van der Waals surface area (Å²) in [4.78, 5) is 23.0. The maximum absolute atomic E-state index is 12.0. The highest BCUT2D eigenvalue weighted by Crippen LogP contribution is 2.27. The van der Waals surface area contributed by atoms with Crippen molar-refractivity contribution in [2.45, 2.75) is 26.2 Å². The standard InChI is InChI=1S/C20H22O4/c1-3-5-7-16(18(21)4-2)13-24-19-9-6-8-14-12-15(20(22)23)10-11-17(14)19/h4,6,8-12,16H,2-3,5,7,13H2,1H3,(H,22,23). The second kappa shape index (κ2) is 8.29. The summed E-state index contributed by atoms with van der Waals surface area (Å²) in [7, 11) is 0. The Morgan fingerprint density at radius 1 is 1.29 bits per heavy atom. The fourth-order valence-corrected chi connectivity index (χ4v) is 2.63. The molecule has 0 amide bonds. The van der Waals surface area contributed by atoms with Gasteiger partial charge in [0, 0.05) is 5.39 Å². The second-order valence-electron chi connectivity index (χ2n) is 5.75. The summed E-state index contributed by atoms with van der Waals surface area (Å²) >= 11 is 0. The number of carboxylic acids is 1. The number of rotatable bonds is 9. The first-order valence-electron chi connectivity index (χ1n) is 8.12. The molecule has 0 aromatic heterocycles. The molecule has 1 unspecified atom stereocenters. The molecule has 24 heavy (non-hydrogen) atoms. The molecule has 2 aromatic carbocycles. The molecule has 0 heterocycles. The molecule has 4 heteroatoms. The largest absolute Gasteiger partial charge is 0.492 e. The number of hydrogen-bond donors (Lipinski definition) is 1. The summed E-state index contributed by atoms with van der Waals surface area (Å²) in [5, 5.41) is 10.7. The number of fused-ring (bicyclic) bond motifs is 1.